The van der Waals surface area contributed by atoms with Crippen molar-refractivity contribution in [3.05, 3.63) is 36.0 Å². The highest BCUT2D eigenvalue weighted by atomic mass is 16.2. The Morgan fingerprint density at radius 1 is 1.25 bits per heavy atom. The zero-order valence-electron chi connectivity index (χ0n) is 12.1. The van der Waals surface area contributed by atoms with Gasteiger partial charge in [-0.2, -0.15) is 0 Å². The van der Waals surface area contributed by atoms with E-state index >= 15 is 0 Å². The van der Waals surface area contributed by atoms with Crippen molar-refractivity contribution in [2.24, 2.45) is 5.92 Å². The fourth-order valence-corrected chi connectivity index (χ4v) is 2.19. The number of aromatic nitrogens is 1. The number of rotatable bonds is 4. The van der Waals surface area contributed by atoms with Crippen molar-refractivity contribution in [2.45, 2.75) is 27.2 Å². The normalized spacial score (nSPS) is 11.0. The summed E-state index contributed by atoms with van der Waals surface area (Å²) in [6.45, 7) is 6.38. The molecule has 0 aliphatic rings. The number of para-hydroxylation sites is 1. The third-order valence-electron chi connectivity index (χ3n) is 3.30. The van der Waals surface area contributed by atoms with E-state index in [9.17, 15) is 9.59 Å². The first-order valence-electron chi connectivity index (χ1n) is 6.90. The second kappa shape index (κ2) is 5.90. The van der Waals surface area contributed by atoms with Gasteiger partial charge in [0.05, 0.1) is 11.1 Å². The van der Waals surface area contributed by atoms with E-state index in [1.807, 2.05) is 24.3 Å². The molecule has 2 rings (SSSR count). The van der Waals surface area contributed by atoms with Crippen molar-refractivity contribution in [3.8, 4) is 0 Å². The number of hydrogen-bond donors (Lipinski definition) is 1. The number of nitrogens with one attached hydrogen (secondary N) is 1. The lowest BCUT2D eigenvalue weighted by Crippen LogP contribution is -2.25. The highest BCUT2D eigenvalue weighted by Gasteiger charge is 2.16. The summed E-state index contributed by atoms with van der Waals surface area (Å²) in [5, 5.41) is 3.72. The smallest absolute Gasteiger partial charge is 0.253 e. The minimum absolute atomic E-state index is 0.0950. The van der Waals surface area contributed by atoms with Crippen molar-refractivity contribution < 1.29 is 9.59 Å². The van der Waals surface area contributed by atoms with Crippen LogP contribution in [0.5, 0.6) is 0 Å². The number of carbonyl (C=O) groups is 2. The average molecular weight is 272 g/mol. The molecule has 1 aromatic heterocycles. The van der Waals surface area contributed by atoms with Gasteiger partial charge in [-0.15, -0.1) is 0 Å². The van der Waals surface area contributed by atoms with Crippen molar-refractivity contribution in [1.82, 2.24) is 9.88 Å². The minimum atomic E-state index is -0.123. The molecule has 0 unspecified atom stereocenters. The van der Waals surface area contributed by atoms with Crippen molar-refractivity contribution in [3.63, 3.8) is 0 Å². The molecular formula is C16H20N2O2. The van der Waals surface area contributed by atoms with E-state index < -0.39 is 0 Å². The maximum atomic E-state index is 12.2. The maximum absolute atomic E-state index is 12.2. The summed E-state index contributed by atoms with van der Waals surface area (Å²) in [5.74, 6) is 0.332. The summed E-state index contributed by atoms with van der Waals surface area (Å²) < 4.78 is 1.52. The van der Waals surface area contributed by atoms with Gasteiger partial charge in [0.2, 0.25) is 5.91 Å². The Morgan fingerprint density at radius 3 is 2.60 bits per heavy atom. The molecule has 4 nitrogen and oxygen atoms in total. The highest BCUT2D eigenvalue weighted by molar-refractivity contribution is 6.09. The molecule has 0 bridgehead atoms. The number of amides is 1. The number of carbonyl (C=O) groups excluding carboxylic acids is 2. The summed E-state index contributed by atoms with van der Waals surface area (Å²) in [6.07, 6.45) is 2.56. The molecule has 0 aliphatic carbocycles. The number of nitrogens with zero attached hydrogens (tertiary/aromatic N) is 1. The van der Waals surface area contributed by atoms with E-state index in [-0.39, 0.29) is 11.8 Å². The minimum Gasteiger partial charge on any atom is -0.352 e. The molecule has 1 aromatic carbocycles. The monoisotopic (exact) mass is 272 g/mol. The van der Waals surface area contributed by atoms with Crippen molar-refractivity contribution >= 4 is 22.7 Å². The van der Waals surface area contributed by atoms with Crippen molar-refractivity contribution in [2.75, 3.05) is 6.54 Å². The average Bonchev–Trinajstić information content (AvgIpc) is 2.78. The van der Waals surface area contributed by atoms with E-state index in [1.165, 1.54) is 11.5 Å². The van der Waals surface area contributed by atoms with Gasteiger partial charge >= 0.3 is 0 Å². The predicted molar refractivity (Wildman–Crippen MR) is 80.0 cm³/mol. The molecule has 2 aromatic rings. The number of fused-ring (bicyclic) bond motifs is 1. The topological polar surface area (TPSA) is 51.1 Å². The molecule has 4 heteroatoms. The van der Waals surface area contributed by atoms with Crippen LogP contribution in [0.1, 0.15) is 42.3 Å². The molecule has 0 spiro atoms. The molecule has 1 heterocycles. The van der Waals surface area contributed by atoms with Crippen LogP contribution in [0.25, 0.3) is 10.9 Å². The largest absolute Gasteiger partial charge is 0.352 e. The van der Waals surface area contributed by atoms with E-state index in [2.05, 4.69) is 19.2 Å². The Morgan fingerprint density at radius 2 is 1.95 bits per heavy atom. The summed E-state index contributed by atoms with van der Waals surface area (Å²) >= 11 is 0. The van der Waals surface area contributed by atoms with Crippen LogP contribution in [0.2, 0.25) is 0 Å². The first kappa shape index (κ1) is 14.3. The fourth-order valence-electron chi connectivity index (χ4n) is 2.19. The van der Waals surface area contributed by atoms with Gasteiger partial charge in [-0.25, -0.2) is 0 Å². The predicted octanol–water partition coefficient (Wildman–Crippen LogP) is 3.08. The molecule has 106 valence electrons. The lowest BCUT2D eigenvalue weighted by molar-refractivity contribution is 0.0941. The number of hydrogen-bond acceptors (Lipinski definition) is 2. The Bertz CT molecular complexity index is 641. The molecule has 20 heavy (non-hydrogen) atoms. The fraction of sp³-hybridized carbons (Fsp3) is 0.375. The van der Waals surface area contributed by atoms with Crippen molar-refractivity contribution in [1.29, 1.82) is 0 Å². The number of benzene rings is 1. The van der Waals surface area contributed by atoms with Crippen LogP contribution in [0.15, 0.2) is 30.5 Å². The highest BCUT2D eigenvalue weighted by Crippen LogP contribution is 2.21. The molecule has 1 amide bonds. The third-order valence-corrected chi connectivity index (χ3v) is 3.30. The molecule has 0 saturated heterocycles. The van der Waals surface area contributed by atoms with Crippen LogP contribution in [-0.4, -0.2) is 22.9 Å². The molecule has 0 radical (unpaired) electrons. The van der Waals surface area contributed by atoms with Crippen LogP contribution in [0, 0.1) is 5.92 Å². The van der Waals surface area contributed by atoms with Crippen LogP contribution in [0.4, 0.5) is 0 Å². The van der Waals surface area contributed by atoms with Gasteiger partial charge in [0.1, 0.15) is 0 Å². The molecule has 0 aliphatic heterocycles. The molecule has 0 saturated carbocycles. The molecule has 0 atom stereocenters. The van der Waals surface area contributed by atoms with Crippen LogP contribution in [-0.2, 0) is 0 Å². The zero-order chi connectivity index (χ0) is 14.7. The van der Waals surface area contributed by atoms with Gasteiger partial charge in [0.25, 0.3) is 5.91 Å². The third kappa shape index (κ3) is 2.90. The Kier molecular flexibility index (Phi) is 4.23. The summed E-state index contributed by atoms with van der Waals surface area (Å²) in [6, 6.07) is 7.45. The maximum Gasteiger partial charge on any atom is 0.253 e. The summed E-state index contributed by atoms with van der Waals surface area (Å²) in [4.78, 5) is 23.9. The second-order valence-electron chi connectivity index (χ2n) is 5.39. The Balaban J connectivity index is 2.30. The van der Waals surface area contributed by atoms with Crippen LogP contribution >= 0.6 is 0 Å². The molecule has 1 N–H and O–H groups in total. The van der Waals surface area contributed by atoms with Crippen LogP contribution < -0.4 is 5.32 Å². The Labute approximate surface area is 118 Å². The van der Waals surface area contributed by atoms with Gasteiger partial charge in [-0.1, -0.05) is 32.0 Å². The lowest BCUT2D eigenvalue weighted by Gasteiger charge is -2.06. The van der Waals surface area contributed by atoms with Gasteiger partial charge in [0, 0.05) is 25.1 Å². The van der Waals surface area contributed by atoms with E-state index in [4.69, 9.17) is 0 Å². The standard InChI is InChI=1S/C16H20N2O2/c1-11(2)8-9-17-16(20)14-10-18(12(3)19)15-7-5-4-6-13(14)15/h4-7,10-11H,8-9H2,1-3H3,(H,17,20). The van der Waals surface area contributed by atoms with E-state index in [1.54, 1.807) is 6.20 Å². The zero-order valence-corrected chi connectivity index (χ0v) is 12.1. The quantitative estimate of drug-likeness (QED) is 0.930. The van der Waals surface area contributed by atoms with Gasteiger partial charge in [0.15, 0.2) is 0 Å². The van der Waals surface area contributed by atoms with Gasteiger partial charge < -0.3 is 5.32 Å². The molecule has 0 fully saturated rings. The summed E-state index contributed by atoms with van der Waals surface area (Å²) in [5.41, 5.74) is 1.33. The van der Waals surface area contributed by atoms with E-state index in [0.717, 1.165) is 17.3 Å². The summed E-state index contributed by atoms with van der Waals surface area (Å²) in [7, 11) is 0. The first-order valence-corrected chi connectivity index (χ1v) is 6.90. The second-order valence-corrected chi connectivity index (χ2v) is 5.39. The van der Waals surface area contributed by atoms with E-state index in [0.29, 0.717) is 18.0 Å². The van der Waals surface area contributed by atoms with Crippen LogP contribution in [0.3, 0.4) is 0 Å². The lowest BCUT2D eigenvalue weighted by atomic mass is 10.1. The SMILES string of the molecule is CC(=O)n1cc(C(=O)NCCC(C)C)c2ccccc21. The van der Waals surface area contributed by atoms with Gasteiger partial charge in [-0.05, 0) is 18.4 Å². The molecular weight excluding hydrogens is 252 g/mol. The van der Waals surface area contributed by atoms with Gasteiger partial charge in [-0.3, -0.25) is 14.2 Å². The Hall–Kier alpha value is -2.10. The first-order chi connectivity index (χ1) is 9.50.